The highest BCUT2D eigenvalue weighted by atomic mass is 19.1. The average Bonchev–Trinajstić information content (AvgIpc) is 2.39. The van der Waals surface area contributed by atoms with Crippen LogP contribution in [-0.2, 0) is 0 Å². The van der Waals surface area contributed by atoms with Crippen LogP contribution in [-0.4, -0.2) is 20.8 Å². The molecular weight excluding hydrogens is 255 g/mol. The number of carbonyl (C=O) groups is 1. The zero-order valence-corrected chi connectivity index (χ0v) is 9.41. The zero-order valence-electron chi connectivity index (χ0n) is 9.41. The lowest BCUT2D eigenvalue weighted by Gasteiger charge is -2.05. The highest BCUT2D eigenvalue weighted by molar-refractivity contribution is 6.03. The number of benzene rings is 1. The third-order valence-corrected chi connectivity index (χ3v) is 2.20. The van der Waals surface area contributed by atoms with E-state index in [9.17, 15) is 19.3 Å². The van der Waals surface area contributed by atoms with Gasteiger partial charge >= 0.3 is 0 Å². The van der Waals surface area contributed by atoms with E-state index in [1.807, 2.05) is 0 Å². The molecule has 1 aromatic heterocycles. The number of carbonyl (C=O) groups excluding carboxylic acids is 1. The Labute approximate surface area is 106 Å². The van der Waals surface area contributed by atoms with E-state index in [0.29, 0.717) is 0 Å². The molecule has 0 aliphatic heterocycles. The number of nitro groups is 1. The standard InChI is InChI=1S/C11H7FN4O3/c12-7-1-2-10(16(18)19)8(5-7)15-11(17)9-6-13-3-4-14-9/h1-6H,(H,15,17). The Morgan fingerprint density at radius 1 is 1.37 bits per heavy atom. The molecular formula is C11H7FN4O3. The van der Waals surface area contributed by atoms with Gasteiger partial charge in [0.25, 0.3) is 11.6 Å². The molecule has 2 rings (SSSR count). The maximum Gasteiger partial charge on any atom is 0.292 e. The van der Waals surface area contributed by atoms with E-state index in [-0.39, 0.29) is 11.4 Å². The fraction of sp³-hybridized carbons (Fsp3) is 0. The van der Waals surface area contributed by atoms with E-state index >= 15 is 0 Å². The Bertz CT molecular complexity index is 633. The Morgan fingerprint density at radius 3 is 2.79 bits per heavy atom. The molecule has 1 N–H and O–H groups in total. The van der Waals surface area contributed by atoms with Crippen LogP contribution >= 0.6 is 0 Å². The maximum atomic E-state index is 13.1. The maximum absolute atomic E-state index is 13.1. The molecule has 0 saturated heterocycles. The van der Waals surface area contributed by atoms with Crippen molar-refractivity contribution < 1.29 is 14.1 Å². The number of rotatable bonds is 3. The number of amides is 1. The third kappa shape index (κ3) is 2.86. The number of nitrogens with zero attached hydrogens (tertiary/aromatic N) is 3. The number of anilines is 1. The smallest absolute Gasteiger partial charge is 0.292 e. The number of aromatic nitrogens is 2. The summed E-state index contributed by atoms with van der Waals surface area (Å²) in [7, 11) is 0. The van der Waals surface area contributed by atoms with Gasteiger partial charge in [-0.2, -0.15) is 0 Å². The minimum atomic E-state index is -0.717. The molecule has 1 aromatic carbocycles. The molecule has 2 aromatic rings. The summed E-state index contributed by atoms with van der Waals surface area (Å²) in [5, 5.41) is 13.0. The lowest BCUT2D eigenvalue weighted by molar-refractivity contribution is -0.384. The second-order valence-electron chi connectivity index (χ2n) is 3.46. The van der Waals surface area contributed by atoms with Crippen LogP contribution in [0.3, 0.4) is 0 Å². The Balaban J connectivity index is 2.31. The van der Waals surface area contributed by atoms with Gasteiger partial charge in [-0.05, 0) is 6.07 Å². The first-order chi connectivity index (χ1) is 9.08. The van der Waals surface area contributed by atoms with Crippen molar-refractivity contribution in [3.05, 3.63) is 58.4 Å². The molecule has 0 spiro atoms. The molecule has 0 bridgehead atoms. The Kier molecular flexibility index (Phi) is 3.42. The van der Waals surface area contributed by atoms with Crippen molar-refractivity contribution in [3.63, 3.8) is 0 Å². The molecule has 0 aliphatic rings. The van der Waals surface area contributed by atoms with E-state index < -0.39 is 22.3 Å². The summed E-state index contributed by atoms with van der Waals surface area (Å²) in [4.78, 5) is 29.2. The van der Waals surface area contributed by atoms with Crippen molar-refractivity contribution in [1.82, 2.24) is 9.97 Å². The molecule has 96 valence electrons. The van der Waals surface area contributed by atoms with Crippen LogP contribution in [0.15, 0.2) is 36.8 Å². The summed E-state index contributed by atoms with van der Waals surface area (Å²) in [6.07, 6.45) is 3.87. The van der Waals surface area contributed by atoms with Crippen LogP contribution < -0.4 is 5.32 Å². The highest BCUT2D eigenvalue weighted by Gasteiger charge is 2.17. The quantitative estimate of drug-likeness (QED) is 0.671. The molecule has 19 heavy (non-hydrogen) atoms. The average molecular weight is 262 g/mol. The van der Waals surface area contributed by atoms with Crippen LogP contribution in [0.25, 0.3) is 0 Å². The fourth-order valence-electron chi connectivity index (χ4n) is 1.37. The van der Waals surface area contributed by atoms with Gasteiger partial charge in [-0.1, -0.05) is 0 Å². The van der Waals surface area contributed by atoms with E-state index in [2.05, 4.69) is 15.3 Å². The number of hydrogen-bond donors (Lipinski definition) is 1. The minimum Gasteiger partial charge on any atom is -0.315 e. The van der Waals surface area contributed by atoms with Crippen LogP contribution in [0.5, 0.6) is 0 Å². The predicted molar refractivity (Wildman–Crippen MR) is 63.0 cm³/mol. The van der Waals surface area contributed by atoms with Gasteiger partial charge in [0, 0.05) is 24.5 Å². The van der Waals surface area contributed by atoms with E-state index in [1.54, 1.807) is 0 Å². The normalized spacial score (nSPS) is 9.95. The molecule has 1 amide bonds. The monoisotopic (exact) mass is 262 g/mol. The first kappa shape index (κ1) is 12.6. The van der Waals surface area contributed by atoms with Gasteiger partial charge in [0.2, 0.25) is 0 Å². The van der Waals surface area contributed by atoms with Crippen molar-refractivity contribution in [1.29, 1.82) is 0 Å². The van der Waals surface area contributed by atoms with Gasteiger partial charge in [0.05, 0.1) is 11.1 Å². The van der Waals surface area contributed by atoms with Crippen LogP contribution in [0.2, 0.25) is 0 Å². The molecule has 8 heteroatoms. The van der Waals surface area contributed by atoms with Gasteiger partial charge in [-0.25, -0.2) is 9.37 Å². The van der Waals surface area contributed by atoms with E-state index in [0.717, 1.165) is 18.2 Å². The lowest BCUT2D eigenvalue weighted by atomic mass is 10.2. The molecule has 1 heterocycles. The molecule has 0 radical (unpaired) electrons. The van der Waals surface area contributed by atoms with Crippen molar-refractivity contribution in [2.75, 3.05) is 5.32 Å². The van der Waals surface area contributed by atoms with Crippen molar-refractivity contribution in [2.24, 2.45) is 0 Å². The molecule has 0 atom stereocenters. The second kappa shape index (κ2) is 5.17. The van der Waals surface area contributed by atoms with Gasteiger partial charge in [-0.15, -0.1) is 0 Å². The van der Waals surface area contributed by atoms with Gasteiger partial charge in [-0.3, -0.25) is 19.9 Å². The Morgan fingerprint density at radius 2 is 2.16 bits per heavy atom. The second-order valence-corrected chi connectivity index (χ2v) is 3.46. The van der Waals surface area contributed by atoms with E-state index in [4.69, 9.17) is 0 Å². The lowest BCUT2D eigenvalue weighted by Crippen LogP contribution is -2.15. The molecule has 0 fully saturated rings. The van der Waals surface area contributed by atoms with Gasteiger partial charge < -0.3 is 5.32 Å². The largest absolute Gasteiger partial charge is 0.315 e. The molecule has 0 saturated carbocycles. The van der Waals surface area contributed by atoms with Crippen LogP contribution in [0.1, 0.15) is 10.5 Å². The van der Waals surface area contributed by atoms with E-state index in [1.165, 1.54) is 18.6 Å². The molecule has 0 aliphatic carbocycles. The third-order valence-electron chi connectivity index (χ3n) is 2.20. The number of nitro benzene ring substituents is 1. The van der Waals surface area contributed by atoms with Gasteiger partial charge in [0.1, 0.15) is 17.2 Å². The number of nitrogens with one attached hydrogen (secondary N) is 1. The fourth-order valence-corrected chi connectivity index (χ4v) is 1.37. The van der Waals surface area contributed by atoms with Crippen molar-refractivity contribution >= 4 is 17.3 Å². The first-order valence-corrected chi connectivity index (χ1v) is 5.09. The van der Waals surface area contributed by atoms with Crippen LogP contribution in [0.4, 0.5) is 15.8 Å². The summed E-state index contributed by atoms with van der Waals surface area (Å²) in [6.45, 7) is 0. The van der Waals surface area contributed by atoms with Crippen LogP contribution in [0, 0.1) is 15.9 Å². The zero-order chi connectivity index (χ0) is 13.8. The SMILES string of the molecule is O=C(Nc1cc(F)ccc1[N+](=O)[O-])c1cnccn1. The minimum absolute atomic E-state index is 0.0268. The summed E-state index contributed by atoms with van der Waals surface area (Å²) in [5.74, 6) is -1.40. The molecule has 7 nitrogen and oxygen atoms in total. The summed E-state index contributed by atoms with van der Waals surface area (Å²) in [5.41, 5.74) is -0.666. The summed E-state index contributed by atoms with van der Waals surface area (Å²) < 4.78 is 13.1. The first-order valence-electron chi connectivity index (χ1n) is 5.09. The Hall–Kier alpha value is -2.90. The van der Waals surface area contributed by atoms with Gasteiger partial charge in [0.15, 0.2) is 0 Å². The summed E-state index contributed by atoms with van der Waals surface area (Å²) >= 11 is 0. The molecule has 0 unspecified atom stereocenters. The highest BCUT2D eigenvalue weighted by Crippen LogP contribution is 2.25. The van der Waals surface area contributed by atoms with Crippen molar-refractivity contribution in [2.45, 2.75) is 0 Å². The topological polar surface area (TPSA) is 98.0 Å². The number of halogens is 1. The predicted octanol–water partition coefficient (Wildman–Crippen LogP) is 1.78. The number of hydrogen-bond acceptors (Lipinski definition) is 5. The van der Waals surface area contributed by atoms with Crippen molar-refractivity contribution in [3.8, 4) is 0 Å². The summed E-state index contributed by atoms with van der Waals surface area (Å²) in [6, 6.07) is 2.78.